The summed E-state index contributed by atoms with van der Waals surface area (Å²) in [7, 11) is 0. The molecule has 0 unspecified atom stereocenters. The van der Waals surface area contributed by atoms with E-state index in [1.165, 1.54) is 11.3 Å². The first kappa shape index (κ1) is 16.8. The number of benzene rings is 1. The lowest BCUT2D eigenvalue weighted by atomic mass is 9.97. The van der Waals surface area contributed by atoms with Gasteiger partial charge in [0.1, 0.15) is 5.58 Å². The Kier molecular flexibility index (Phi) is 4.46. The summed E-state index contributed by atoms with van der Waals surface area (Å²) in [5.41, 5.74) is 1.56. The minimum absolute atomic E-state index is 0.0845. The van der Waals surface area contributed by atoms with Crippen LogP contribution in [-0.4, -0.2) is 34.8 Å². The second-order valence-corrected chi connectivity index (χ2v) is 7.36. The third-order valence-corrected chi connectivity index (χ3v) is 5.47. The molecule has 1 aromatic carbocycles. The highest BCUT2D eigenvalue weighted by Crippen LogP contribution is 2.28. The van der Waals surface area contributed by atoms with Crippen molar-refractivity contribution in [2.75, 3.05) is 18.4 Å². The van der Waals surface area contributed by atoms with Crippen molar-refractivity contribution in [2.24, 2.45) is 5.92 Å². The second kappa shape index (κ2) is 6.92. The van der Waals surface area contributed by atoms with Gasteiger partial charge in [0.15, 0.2) is 10.9 Å². The van der Waals surface area contributed by atoms with Crippen molar-refractivity contribution in [1.82, 2.24) is 9.88 Å². The topological polar surface area (TPSA) is 75.4 Å². The first-order chi connectivity index (χ1) is 12.6. The average molecular weight is 369 g/mol. The summed E-state index contributed by atoms with van der Waals surface area (Å²) in [4.78, 5) is 31.2. The highest BCUT2D eigenvalue weighted by atomic mass is 32.1. The van der Waals surface area contributed by atoms with Crippen molar-refractivity contribution in [3.8, 4) is 0 Å². The number of thiazole rings is 1. The summed E-state index contributed by atoms with van der Waals surface area (Å²) >= 11 is 1.38. The van der Waals surface area contributed by atoms with Crippen LogP contribution in [0.25, 0.3) is 11.0 Å². The molecule has 6 nitrogen and oxygen atoms in total. The Morgan fingerprint density at radius 2 is 2.19 bits per heavy atom. The van der Waals surface area contributed by atoms with E-state index < -0.39 is 0 Å². The molecule has 1 aliphatic heterocycles. The molecule has 1 atom stereocenters. The number of aryl methyl sites for hydroxylation is 1. The van der Waals surface area contributed by atoms with E-state index in [1.54, 1.807) is 11.1 Å². The lowest BCUT2D eigenvalue weighted by molar-refractivity contribution is -0.121. The Morgan fingerprint density at radius 1 is 1.35 bits per heavy atom. The van der Waals surface area contributed by atoms with E-state index >= 15 is 0 Å². The van der Waals surface area contributed by atoms with Crippen molar-refractivity contribution < 1.29 is 14.0 Å². The van der Waals surface area contributed by atoms with Crippen LogP contribution in [0.3, 0.4) is 0 Å². The number of para-hydroxylation sites is 1. The molecule has 0 bridgehead atoms. The number of fused-ring (bicyclic) bond motifs is 1. The fourth-order valence-electron chi connectivity index (χ4n) is 3.39. The molecule has 1 saturated heterocycles. The van der Waals surface area contributed by atoms with Crippen LogP contribution in [0.1, 0.15) is 29.0 Å². The van der Waals surface area contributed by atoms with Gasteiger partial charge in [0.2, 0.25) is 5.91 Å². The van der Waals surface area contributed by atoms with Crippen LogP contribution in [0.15, 0.2) is 40.3 Å². The van der Waals surface area contributed by atoms with Crippen LogP contribution in [0.4, 0.5) is 5.13 Å². The van der Waals surface area contributed by atoms with Gasteiger partial charge >= 0.3 is 0 Å². The van der Waals surface area contributed by atoms with Gasteiger partial charge in [-0.1, -0.05) is 18.2 Å². The highest BCUT2D eigenvalue weighted by Gasteiger charge is 2.31. The van der Waals surface area contributed by atoms with Crippen LogP contribution in [0, 0.1) is 12.8 Å². The zero-order valence-electron chi connectivity index (χ0n) is 14.4. The fraction of sp³-hybridized carbons (Fsp3) is 0.316. The molecule has 0 spiro atoms. The van der Waals surface area contributed by atoms with Gasteiger partial charge < -0.3 is 14.6 Å². The Hall–Kier alpha value is -2.67. The first-order valence-electron chi connectivity index (χ1n) is 8.61. The molecule has 7 heteroatoms. The normalized spacial score (nSPS) is 17.4. The molecule has 0 radical (unpaired) electrons. The predicted octanol–water partition coefficient (Wildman–Crippen LogP) is 3.69. The van der Waals surface area contributed by atoms with Crippen molar-refractivity contribution in [2.45, 2.75) is 19.8 Å². The molecule has 2 aromatic heterocycles. The molecule has 3 aromatic rings. The number of rotatable bonds is 3. The van der Waals surface area contributed by atoms with Gasteiger partial charge in [-0.2, -0.15) is 0 Å². The van der Waals surface area contributed by atoms with Crippen LogP contribution in [-0.2, 0) is 4.79 Å². The standard InChI is InChI=1S/C19H19N3O3S/c1-12-14-6-2-3-7-15(14)25-16(12)18(24)22-9-4-5-13(11-22)17(23)21-19-20-8-10-26-19/h2-3,6-8,10,13H,4-5,9,11H2,1H3,(H,20,21,23)/t13-/m0/s1. The smallest absolute Gasteiger partial charge is 0.289 e. The Balaban J connectivity index is 1.50. The number of hydrogen-bond acceptors (Lipinski definition) is 5. The lowest BCUT2D eigenvalue weighted by Gasteiger charge is -2.31. The summed E-state index contributed by atoms with van der Waals surface area (Å²) in [6.07, 6.45) is 3.21. The average Bonchev–Trinajstić information content (AvgIpc) is 3.29. The van der Waals surface area contributed by atoms with Gasteiger partial charge in [-0.25, -0.2) is 4.98 Å². The zero-order chi connectivity index (χ0) is 18.1. The number of anilines is 1. The number of nitrogens with zero attached hydrogens (tertiary/aromatic N) is 2. The van der Waals surface area contributed by atoms with Crippen LogP contribution >= 0.6 is 11.3 Å². The second-order valence-electron chi connectivity index (χ2n) is 6.47. The molecule has 2 amide bonds. The number of furan rings is 1. The summed E-state index contributed by atoms with van der Waals surface area (Å²) < 4.78 is 5.79. The third kappa shape index (κ3) is 3.10. The number of carbonyl (C=O) groups excluding carboxylic acids is 2. The predicted molar refractivity (Wildman–Crippen MR) is 100 cm³/mol. The molecule has 1 N–H and O–H groups in total. The molecule has 3 heterocycles. The highest BCUT2D eigenvalue weighted by molar-refractivity contribution is 7.13. The monoisotopic (exact) mass is 369 g/mol. The van der Waals surface area contributed by atoms with E-state index in [1.807, 2.05) is 36.6 Å². The summed E-state index contributed by atoms with van der Waals surface area (Å²) in [6, 6.07) is 7.63. The van der Waals surface area contributed by atoms with Gasteiger partial charge in [-0.15, -0.1) is 11.3 Å². The summed E-state index contributed by atoms with van der Waals surface area (Å²) in [6.45, 7) is 2.93. The number of likely N-dealkylation sites (tertiary alicyclic amines) is 1. The number of carbonyl (C=O) groups is 2. The molecule has 1 fully saturated rings. The molecular weight excluding hydrogens is 350 g/mol. The lowest BCUT2D eigenvalue weighted by Crippen LogP contribution is -2.43. The molecule has 4 rings (SSSR count). The quantitative estimate of drug-likeness (QED) is 0.764. The number of hydrogen-bond donors (Lipinski definition) is 1. The van der Waals surface area contributed by atoms with Crippen molar-refractivity contribution in [3.63, 3.8) is 0 Å². The minimum atomic E-state index is -0.235. The number of aromatic nitrogens is 1. The van der Waals surface area contributed by atoms with Crippen LogP contribution in [0.5, 0.6) is 0 Å². The maximum absolute atomic E-state index is 13.0. The molecular formula is C19H19N3O3S. The van der Waals surface area contributed by atoms with E-state index in [2.05, 4.69) is 10.3 Å². The molecule has 0 aliphatic carbocycles. The maximum Gasteiger partial charge on any atom is 0.289 e. The van der Waals surface area contributed by atoms with Gasteiger partial charge in [0.25, 0.3) is 5.91 Å². The maximum atomic E-state index is 13.0. The SMILES string of the molecule is Cc1c(C(=O)N2CCC[C@H](C(=O)Nc3nccs3)C2)oc2ccccc12. The van der Waals surface area contributed by atoms with Gasteiger partial charge in [0, 0.05) is 35.6 Å². The molecule has 134 valence electrons. The Morgan fingerprint density at radius 3 is 2.96 bits per heavy atom. The zero-order valence-corrected chi connectivity index (χ0v) is 15.2. The van der Waals surface area contributed by atoms with Gasteiger partial charge in [0.05, 0.1) is 5.92 Å². The number of nitrogens with one attached hydrogen (secondary N) is 1. The van der Waals surface area contributed by atoms with E-state index in [0.717, 1.165) is 23.8 Å². The first-order valence-corrected chi connectivity index (χ1v) is 9.49. The largest absolute Gasteiger partial charge is 0.451 e. The van der Waals surface area contributed by atoms with E-state index in [0.29, 0.717) is 29.6 Å². The van der Waals surface area contributed by atoms with Crippen molar-refractivity contribution >= 4 is 39.3 Å². The molecule has 0 saturated carbocycles. The summed E-state index contributed by atoms with van der Waals surface area (Å²) in [5.74, 6) is -0.0994. The number of piperidine rings is 1. The Labute approximate surface area is 154 Å². The van der Waals surface area contributed by atoms with Crippen molar-refractivity contribution in [3.05, 3.63) is 47.2 Å². The van der Waals surface area contributed by atoms with E-state index in [4.69, 9.17) is 4.42 Å². The van der Waals surface area contributed by atoms with Crippen LogP contribution in [0.2, 0.25) is 0 Å². The summed E-state index contributed by atoms with van der Waals surface area (Å²) in [5, 5.41) is 6.19. The minimum Gasteiger partial charge on any atom is -0.451 e. The Bertz CT molecular complexity index is 948. The molecule has 1 aliphatic rings. The van der Waals surface area contributed by atoms with Gasteiger partial charge in [-0.05, 0) is 25.8 Å². The van der Waals surface area contributed by atoms with Gasteiger partial charge in [-0.3, -0.25) is 9.59 Å². The van der Waals surface area contributed by atoms with E-state index in [-0.39, 0.29) is 17.7 Å². The third-order valence-electron chi connectivity index (χ3n) is 4.78. The van der Waals surface area contributed by atoms with Crippen molar-refractivity contribution in [1.29, 1.82) is 0 Å². The van der Waals surface area contributed by atoms with Crippen LogP contribution < -0.4 is 5.32 Å². The fourth-order valence-corrected chi connectivity index (χ4v) is 3.92. The molecule has 26 heavy (non-hydrogen) atoms. The number of amides is 2. The van der Waals surface area contributed by atoms with E-state index in [9.17, 15) is 9.59 Å².